The summed E-state index contributed by atoms with van der Waals surface area (Å²) >= 11 is 0. The van der Waals surface area contributed by atoms with Crippen molar-refractivity contribution in [1.29, 1.82) is 0 Å². The van der Waals surface area contributed by atoms with Crippen molar-refractivity contribution in [2.24, 2.45) is 5.73 Å². The Bertz CT molecular complexity index is 355. The summed E-state index contributed by atoms with van der Waals surface area (Å²) in [6.45, 7) is 3.16. The van der Waals surface area contributed by atoms with Gasteiger partial charge in [0.2, 0.25) is 0 Å². The Morgan fingerprint density at radius 3 is 2.06 bits per heavy atom. The Morgan fingerprint density at radius 1 is 1.12 bits per heavy atom. The van der Waals surface area contributed by atoms with Gasteiger partial charge in [0, 0.05) is 5.54 Å². The third kappa shape index (κ3) is 2.12. The minimum atomic E-state index is -1.27. The summed E-state index contributed by atoms with van der Waals surface area (Å²) in [5, 5.41) is 0. The number of rotatable bonds is 2. The number of halogens is 1. The molecule has 0 radical (unpaired) electrons. The van der Waals surface area contributed by atoms with Crippen molar-refractivity contribution < 1.29 is 4.39 Å². The quantitative estimate of drug-likeness (QED) is 0.811. The van der Waals surface area contributed by atoms with Crippen LogP contribution in [0, 0.1) is 0 Å². The molecule has 1 fully saturated rings. The lowest BCUT2D eigenvalue weighted by atomic mass is 9.87. The van der Waals surface area contributed by atoms with Crippen LogP contribution in [-0.4, -0.2) is 0 Å². The van der Waals surface area contributed by atoms with Crippen LogP contribution in [0.25, 0.3) is 0 Å². The molecule has 1 aliphatic carbocycles. The largest absolute Gasteiger partial charge is 0.321 e. The summed E-state index contributed by atoms with van der Waals surface area (Å²) in [5.74, 6) is 0. The highest BCUT2D eigenvalue weighted by Crippen LogP contribution is 2.37. The first-order valence-electron chi connectivity index (χ1n) is 6.01. The molecule has 88 valence electrons. The zero-order valence-electron chi connectivity index (χ0n) is 10.1. The number of hydrogen-bond acceptors (Lipinski definition) is 1. The lowest BCUT2D eigenvalue weighted by Gasteiger charge is -2.25. The fraction of sp³-hybridized carbons (Fsp3) is 0.571. The predicted molar refractivity (Wildman–Crippen MR) is 64.9 cm³/mol. The molecule has 1 nitrogen and oxygen atoms in total. The maximum atomic E-state index is 13.7. The Hall–Kier alpha value is -0.890. The van der Waals surface area contributed by atoms with Gasteiger partial charge in [0.1, 0.15) is 5.67 Å². The average Bonchev–Trinajstić information content (AvgIpc) is 2.66. The molecule has 0 spiro atoms. The number of hydrogen-bond donors (Lipinski definition) is 1. The molecule has 2 N–H and O–H groups in total. The van der Waals surface area contributed by atoms with Gasteiger partial charge in [-0.3, -0.25) is 0 Å². The summed E-state index contributed by atoms with van der Waals surface area (Å²) in [4.78, 5) is 0. The summed E-state index contributed by atoms with van der Waals surface area (Å²) in [7, 11) is 0. The lowest BCUT2D eigenvalue weighted by Crippen LogP contribution is -2.33. The average molecular weight is 221 g/mol. The summed E-state index contributed by atoms with van der Waals surface area (Å²) < 4.78 is 13.7. The highest BCUT2D eigenvalue weighted by molar-refractivity contribution is 5.31. The van der Waals surface area contributed by atoms with E-state index in [1.807, 2.05) is 24.3 Å². The minimum Gasteiger partial charge on any atom is -0.321 e. The van der Waals surface area contributed by atoms with Crippen molar-refractivity contribution >= 4 is 0 Å². The van der Waals surface area contributed by atoms with Gasteiger partial charge < -0.3 is 5.73 Å². The second-order valence-electron chi connectivity index (χ2n) is 5.41. The van der Waals surface area contributed by atoms with E-state index >= 15 is 0 Å². The van der Waals surface area contributed by atoms with Crippen molar-refractivity contribution in [2.75, 3.05) is 0 Å². The van der Waals surface area contributed by atoms with E-state index in [0.29, 0.717) is 0 Å². The van der Waals surface area contributed by atoms with Crippen LogP contribution >= 0.6 is 0 Å². The minimum absolute atomic E-state index is 0.168. The standard InChI is InChI=1S/C14H20FN/c1-13(2,15)11-5-7-12(8-6-11)14(16)9-3-4-10-14/h5-8H,3-4,9-10,16H2,1-2H3. The summed E-state index contributed by atoms with van der Waals surface area (Å²) in [6.07, 6.45) is 4.50. The first-order chi connectivity index (χ1) is 7.42. The lowest BCUT2D eigenvalue weighted by molar-refractivity contribution is 0.221. The van der Waals surface area contributed by atoms with Gasteiger partial charge in [-0.2, -0.15) is 0 Å². The zero-order valence-corrected chi connectivity index (χ0v) is 10.1. The predicted octanol–water partition coefficient (Wildman–Crippen LogP) is 3.62. The van der Waals surface area contributed by atoms with E-state index in [1.165, 1.54) is 12.8 Å². The molecule has 1 saturated carbocycles. The number of benzene rings is 1. The third-order valence-corrected chi connectivity index (χ3v) is 3.64. The van der Waals surface area contributed by atoms with Crippen LogP contribution in [0.1, 0.15) is 50.7 Å². The van der Waals surface area contributed by atoms with Gasteiger partial charge in [-0.1, -0.05) is 37.1 Å². The van der Waals surface area contributed by atoms with Gasteiger partial charge in [0.15, 0.2) is 0 Å². The second kappa shape index (κ2) is 3.85. The van der Waals surface area contributed by atoms with Gasteiger partial charge in [-0.05, 0) is 37.8 Å². The fourth-order valence-corrected chi connectivity index (χ4v) is 2.49. The Balaban J connectivity index is 2.26. The molecular weight excluding hydrogens is 201 g/mol. The molecular formula is C14H20FN. The molecule has 16 heavy (non-hydrogen) atoms. The Morgan fingerprint density at radius 2 is 1.62 bits per heavy atom. The zero-order chi connectivity index (χ0) is 11.8. The Kier molecular flexibility index (Phi) is 2.79. The fourth-order valence-electron chi connectivity index (χ4n) is 2.49. The molecule has 0 unspecified atom stereocenters. The normalized spacial score (nSPS) is 20.0. The van der Waals surface area contributed by atoms with Gasteiger partial charge in [0.05, 0.1) is 0 Å². The monoisotopic (exact) mass is 221 g/mol. The molecule has 1 aromatic carbocycles. The van der Waals surface area contributed by atoms with Crippen molar-refractivity contribution in [3.8, 4) is 0 Å². The maximum Gasteiger partial charge on any atom is 0.130 e. The molecule has 0 bridgehead atoms. The highest BCUT2D eigenvalue weighted by Gasteiger charge is 2.31. The Labute approximate surface area is 96.9 Å². The number of nitrogens with two attached hydrogens (primary N) is 1. The van der Waals surface area contributed by atoms with Crippen LogP contribution in [0.4, 0.5) is 4.39 Å². The van der Waals surface area contributed by atoms with Crippen molar-refractivity contribution in [3.63, 3.8) is 0 Å². The molecule has 0 aromatic heterocycles. The van der Waals surface area contributed by atoms with Gasteiger partial charge in [-0.15, -0.1) is 0 Å². The SMILES string of the molecule is CC(C)(F)c1ccc(C2(N)CCCC2)cc1. The molecule has 0 saturated heterocycles. The first kappa shape index (κ1) is 11.6. The van der Waals surface area contributed by atoms with E-state index in [-0.39, 0.29) is 5.54 Å². The number of alkyl halides is 1. The molecule has 1 aliphatic rings. The molecule has 2 rings (SSSR count). The van der Waals surface area contributed by atoms with E-state index in [1.54, 1.807) is 13.8 Å². The van der Waals surface area contributed by atoms with Crippen molar-refractivity contribution in [2.45, 2.75) is 50.7 Å². The topological polar surface area (TPSA) is 26.0 Å². The van der Waals surface area contributed by atoms with Crippen LogP contribution in [0.3, 0.4) is 0 Å². The summed E-state index contributed by atoms with van der Waals surface area (Å²) in [6, 6.07) is 7.70. The molecule has 0 heterocycles. The highest BCUT2D eigenvalue weighted by atomic mass is 19.1. The van der Waals surface area contributed by atoms with Gasteiger partial charge in [-0.25, -0.2) is 4.39 Å². The van der Waals surface area contributed by atoms with E-state index < -0.39 is 5.67 Å². The smallest absolute Gasteiger partial charge is 0.130 e. The van der Waals surface area contributed by atoms with Crippen LogP contribution in [0.2, 0.25) is 0 Å². The van der Waals surface area contributed by atoms with Gasteiger partial charge in [0.25, 0.3) is 0 Å². The van der Waals surface area contributed by atoms with E-state index in [2.05, 4.69) is 0 Å². The van der Waals surface area contributed by atoms with Crippen LogP contribution in [0.5, 0.6) is 0 Å². The van der Waals surface area contributed by atoms with E-state index in [4.69, 9.17) is 5.73 Å². The molecule has 0 aliphatic heterocycles. The first-order valence-corrected chi connectivity index (χ1v) is 6.01. The van der Waals surface area contributed by atoms with Crippen molar-refractivity contribution in [1.82, 2.24) is 0 Å². The van der Waals surface area contributed by atoms with Crippen molar-refractivity contribution in [3.05, 3.63) is 35.4 Å². The van der Waals surface area contributed by atoms with Crippen LogP contribution in [-0.2, 0) is 11.2 Å². The molecule has 0 amide bonds. The van der Waals surface area contributed by atoms with E-state index in [0.717, 1.165) is 24.0 Å². The van der Waals surface area contributed by atoms with E-state index in [9.17, 15) is 4.39 Å². The molecule has 0 atom stereocenters. The summed E-state index contributed by atoms with van der Waals surface area (Å²) in [5.41, 5.74) is 6.78. The van der Waals surface area contributed by atoms with Crippen LogP contribution < -0.4 is 5.73 Å². The maximum absolute atomic E-state index is 13.7. The third-order valence-electron chi connectivity index (χ3n) is 3.64. The van der Waals surface area contributed by atoms with Crippen LogP contribution in [0.15, 0.2) is 24.3 Å². The molecule has 2 heteroatoms. The second-order valence-corrected chi connectivity index (χ2v) is 5.41. The molecule has 1 aromatic rings. The van der Waals surface area contributed by atoms with Gasteiger partial charge >= 0.3 is 0 Å².